The molecule has 1 amide bonds. The van der Waals surface area contributed by atoms with E-state index in [1.54, 1.807) is 0 Å². The SMILES string of the molecule is Cc1cc(C)n(Cc2cccc(CNC(=O)CC3CCc4ccccc43)c2)n1. The fraction of sp³-hybridized carbons (Fsp3) is 0.333. The van der Waals surface area contributed by atoms with Gasteiger partial charge in [-0.1, -0.05) is 48.5 Å². The average molecular weight is 374 g/mol. The van der Waals surface area contributed by atoms with E-state index >= 15 is 0 Å². The van der Waals surface area contributed by atoms with Gasteiger partial charge in [-0.3, -0.25) is 9.48 Å². The zero-order valence-electron chi connectivity index (χ0n) is 16.6. The Hall–Kier alpha value is -2.88. The third kappa shape index (κ3) is 4.16. The molecule has 1 heterocycles. The van der Waals surface area contributed by atoms with Gasteiger partial charge in [0.25, 0.3) is 0 Å². The Morgan fingerprint density at radius 1 is 1.11 bits per heavy atom. The first-order valence-corrected chi connectivity index (χ1v) is 10.0. The number of rotatable bonds is 6. The van der Waals surface area contributed by atoms with Crippen LogP contribution in [0.15, 0.2) is 54.6 Å². The summed E-state index contributed by atoms with van der Waals surface area (Å²) in [7, 11) is 0. The maximum absolute atomic E-state index is 12.5. The van der Waals surface area contributed by atoms with Crippen molar-refractivity contribution in [1.82, 2.24) is 15.1 Å². The van der Waals surface area contributed by atoms with Crippen LogP contribution in [0.2, 0.25) is 0 Å². The van der Waals surface area contributed by atoms with Gasteiger partial charge < -0.3 is 5.32 Å². The van der Waals surface area contributed by atoms with Crippen LogP contribution in [0.3, 0.4) is 0 Å². The summed E-state index contributed by atoms with van der Waals surface area (Å²) >= 11 is 0. The molecule has 3 aromatic rings. The summed E-state index contributed by atoms with van der Waals surface area (Å²) in [6.07, 6.45) is 2.73. The Labute approximate surface area is 166 Å². The lowest BCUT2D eigenvalue weighted by Gasteiger charge is -2.12. The minimum Gasteiger partial charge on any atom is -0.352 e. The molecule has 1 N–H and O–H groups in total. The highest BCUT2D eigenvalue weighted by Gasteiger charge is 2.23. The number of amides is 1. The number of nitrogens with one attached hydrogen (secondary N) is 1. The summed E-state index contributed by atoms with van der Waals surface area (Å²) in [6, 6.07) is 19.0. The highest BCUT2D eigenvalue weighted by molar-refractivity contribution is 5.77. The molecule has 0 fully saturated rings. The fourth-order valence-electron chi connectivity index (χ4n) is 4.20. The zero-order chi connectivity index (χ0) is 19.5. The monoisotopic (exact) mass is 373 g/mol. The van der Waals surface area contributed by atoms with Gasteiger partial charge in [0.2, 0.25) is 5.91 Å². The van der Waals surface area contributed by atoms with Crippen LogP contribution in [0.25, 0.3) is 0 Å². The van der Waals surface area contributed by atoms with E-state index in [9.17, 15) is 4.79 Å². The normalized spacial score (nSPS) is 15.4. The molecule has 28 heavy (non-hydrogen) atoms. The second kappa shape index (κ2) is 8.01. The van der Waals surface area contributed by atoms with Crippen LogP contribution in [-0.4, -0.2) is 15.7 Å². The van der Waals surface area contributed by atoms with E-state index in [0.717, 1.165) is 36.3 Å². The Morgan fingerprint density at radius 3 is 2.75 bits per heavy atom. The Kier molecular flexibility index (Phi) is 5.29. The zero-order valence-corrected chi connectivity index (χ0v) is 16.6. The van der Waals surface area contributed by atoms with Crippen molar-refractivity contribution >= 4 is 5.91 Å². The fourth-order valence-corrected chi connectivity index (χ4v) is 4.20. The molecule has 1 aromatic heterocycles. The second-order valence-electron chi connectivity index (χ2n) is 7.82. The van der Waals surface area contributed by atoms with E-state index in [4.69, 9.17) is 0 Å². The molecule has 1 aliphatic rings. The van der Waals surface area contributed by atoms with Gasteiger partial charge in [0.05, 0.1) is 12.2 Å². The molecular weight excluding hydrogens is 346 g/mol. The van der Waals surface area contributed by atoms with Gasteiger partial charge in [-0.15, -0.1) is 0 Å². The lowest BCUT2D eigenvalue weighted by molar-refractivity contribution is -0.121. The summed E-state index contributed by atoms with van der Waals surface area (Å²) in [5, 5.41) is 7.63. The largest absolute Gasteiger partial charge is 0.352 e. The van der Waals surface area contributed by atoms with E-state index < -0.39 is 0 Å². The maximum atomic E-state index is 12.5. The van der Waals surface area contributed by atoms with Gasteiger partial charge in [-0.2, -0.15) is 5.10 Å². The van der Waals surface area contributed by atoms with Crippen LogP contribution in [-0.2, 0) is 24.3 Å². The number of hydrogen-bond donors (Lipinski definition) is 1. The molecule has 144 valence electrons. The van der Waals surface area contributed by atoms with Crippen LogP contribution < -0.4 is 5.32 Å². The first-order chi connectivity index (χ1) is 13.6. The van der Waals surface area contributed by atoms with Crippen LogP contribution >= 0.6 is 0 Å². The van der Waals surface area contributed by atoms with Crippen molar-refractivity contribution in [1.29, 1.82) is 0 Å². The van der Waals surface area contributed by atoms with Crippen molar-refractivity contribution in [3.05, 3.63) is 88.2 Å². The van der Waals surface area contributed by atoms with E-state index in [1.165, 1.54) is 16.7 Å². The number of aryl methyl sites for hydroxylation is 3. The number of benzene rings is 2. The lowest BCUT2D eigenvalue weighted by atomic mass is 9.97. The molecule has 0 spiro atoms. The molecule has 1 unspecified atom stereocenters. The van der Waals surface area contributed by atoms with Crippen molar-refractivity contribution in [2.24, 2.45) is 0 Å². The predicted molar refractivity (Wildman–Crippen MR) is 111 cm³/mol. The molecule has 1 atom stereocenters. The number of carbonyl (C=O) groups excluding carboxylic acids is 1. The van der Waals surface area contributed by atoms with Gasteiger partial charge in [0, 0.05) is 18.7 Å². The predicted octanol–water partition coefficient (Wildman–Crippen LogP) is 4.28. The third-order valence-electron chi connectivity index (χ3n) is 5.61. The van der Waals surface area contributed by atoms with Gasteiger partial charge in [0.1, 0.15) is 0 Å². The number of aromatic nitrogens is 2. The van der Waals surface area contributed by atoms with E-state index in [1.807, 2.05) is 11.6 Å². The summed E-state index contributed by atoms with van der Waals surface area (Å²) in [5.74, 6) is 0.485. The molecule has 1 aliphatic carbocycles. The van der Waals surface area contributed by atoms with Crippen LogP contribution in [0, 0.1) is 13.8 Å². The molecule has 0 radical (unpaired) electrons. The van der Waals surface area contributed by atoms with E-state index in [2.05, 4.69) is 71.9 Å². The van der Waals surface area contributed by atoms with Crippen molar-refractivity contribution in [2.45, 2.75) is 52.1 Å². The van der Waals surface area contributed by atoms with Gasteiger partial charge in [-0.05, 0) is 60.9 Å². The summed E-state index contributed by atoms with van der Waals surface area (Å²) in [4.78, 5) is 12.5. The minimum atomic E-state index is 0.130. The van der Waals surface area contributed by atoms with Gasteiger partial charge in [0.15, 0.2) is 0 Å². The van der Waals surface area contributed by atoms with Gasteiger partial charge >= 0.3 is 0 Å². The van der Waals surface area contributed by atoms with E-state index in [-0.39, 0.29) is 5.91 Å². The first kappa shape index (κ1) is 18.5. The average Bonchev–Trinajstić information content (AvgIpc) is 3.23. The van der Waals surface area contributed by atoms with Gasteiger partial charge in [-0.25, -0.2) is 0 Å². The molecule has 0 saturated heterocycles. The lowest BCUT2D eigenvalue weighted by Crippen LogP contribution is -2.24. The smallest absolute Gasteiger partial charge is 0.220 e. The van der Waals surface area contributed by atoms with Crippen molar-refractivity contribution in [2.75, 3.05) is 0 Å². The maximum Gasteiger partial charge on any atom is 0.220 e. The molecular formula is C24H27N3O. The number of hydrogen-bond acceptors (Lipinski definition) is 2. The molecule has 4 heteroatoms. The van der Waals surface area contributed by atoms with Crippen LogP contribution in [0.1, 0.15) is 52.4 Å². The number of nitrogens with zero attached hydrogens (tertiary/aromatic N) is 2. The number of carbonyl (C=O) groups is 1. The molecule has 0 bridgehead atoms. The standard InChI is InChI=1S/C24H27N3O/c1-17-12-18(2)27(26-17)16-20-7-5-6-19(13-20)15-25-24(28)14-22-11-10-21-8-3-4-9-23(21)22/h3-9,12-13,22H,10-11,14-16H2,1-2H3,(H,25,28). The summed E-state index contributed by atoms with van der Waals surface area (Å²) < 4.78 is 2.02. The third-order valence-corrected chi connectivity index (χ3v) is 5.61. The highest BCUT2D eigenvalue weighted by atomic mass is 16.1. The highest BCUT2D eigenvalue weighted by Crippen LogP contribution is 2.35. The van der Waals surface area contributed by atoms with E-state index in [0.29, 0.717) is 18.9 Å². The Balaban J connectivity index is 1.34. The molecule has 4 nitrogen and oxygen atoms in total. The van der Waals surface area contributed by atoms with Crippen LogP contribution in [0.5, 0.6) is 0 Å². The summed E-state index contributed by atoms with van der Waals surface area (Å²) in [6.45, 7) is 5.40. The molecule has 0 saturated carbocycles. The Bertz CT molecular complexity index is 989. The molecule has 0 aliphatic heterocycles. The quantitative estimate of drug-likeness (QED) is 0.701. The first-order valence-electron chi connectivity index (χ1n) is 10.0. The molecule has 2 aromatic carbocycles. The minimum absolute atomic E-state index is 0.130. The van der Waals surface area contributed by atoms with Crippen molar-refractivity contribution in [3.8, 4) is 0 Å². The molecule has 4 rings (SSSR count). The van der Waals surface area contributed by atoms with Crippen molar-refractivity contribution < 1.29 is 4.79 Å². The van der Waals surface area contributed by atoms with Crippen LogP contribution in [0.4, 0.5) is 0 Å². The number of fused-ring (bicyclic) bond motifs is 1. The summed E-state index contributed by atoms with van der Waals surface area (Å²) in [5.41, 5.74) is 7.27. The second-order valence-corrected chi connectivity index (χ2v) is 7.82. The topological polar surface area (TPSA) is 46.9 Å². The van der Waals surface area contributed by atoms with Crippen molar-refractivity contribution in [3.63, 3.8) is 0 Å². The Morgan fingerprint density at radius 2 is 1.93 bits per heavy atom.